The Kier molecular flexibility index (Phi) is 3.08. The van der Waals surface area contributed by atoms with Crippen LogP contribution >= 0.6 is 0 Å². The predicted octanol–water partition coefficient (Wildman–Crippen LogP) is 4.28. The minimum atomic E-state index is 0.246. The molecule has 3 nitrogen and oxygen atoms in total. The van der Waals surface area contributed by atoms with Crippen LogP contribution in [-0.4, -0.2) is 6.85 Å². The molecule has 0 N–H and O–H groups in total. The van der Waals surface area contributed by atoms with Crippen molar-refractivity contribution < 1.29 is 8.98 Å². The lowest BCUT2D eigenvalue weighted by atomic mass is 9.59. The van der Waals surface area contributed by atoms with Crippen molar-refractivity contribution in [2.45, 2.75) is 20.7 Å². The lowest BCUT2D eigenvalue weighted by Crippen LogP contribution is -2.43. The molecule has 2 aromatic heterocycles. The average Bonchev–Trinajstić information content (AvgIpc) is 2.90. The predicted molar refractivity (Wildman–Crippen MR) is 96.0 cm³/mol. The molecule has 0 amide bonds. The largest absolute Gasteiger partial charge is 0.423 e. The first-order valence-corrected chi connectivity index (χ1v) is 8.02. The summed E-state index contributed by atoms with van der Waals surface area (Å²) in [6.45, 7) is 6.75. The van der Waals surface area contributed by atoms with Crippen molar-refractivity contribution in [3.05, 3.63) is 59.7 Å². The number of hydrogen-bond donors (Lipinski definition) is 0. The zero-order chi connectivity index (χ0) is 16.1. The molecule has 1 aliphatic rings. The highest BCUT2D eigenvalue weighted by molar-refractivity contribution is 6.70. The van der Waals surface area contributed by atoms with Gasteiger partial charge in [-0.3, -0.25) is 4.81 Å². The fourth-order valence-electron chi connectivity index (χ4n) is 3.50. The van der Waals surface area contributed by atoms with Crippen molar-refractivity contribution in [3.8, 4) is 0 Å². The van der Waals surface area contributed by atoms with E-state index < -0.39 is 0 Å². The quantitative estimate of drug-likeness (QED) is 0.494. The minimum absolute atomic E-state index is 0.246. The summed E-state index contributed by atoms with van der Waals surface area (Å²) in [5.41, 5.74) is 4.68. The average molecular weight is 303 g/mol. The number of rotatable bonds is 1. The van der Waals surface area contributed by atoms with E-state index in [1.165, 1.54) is 22.1 Å². The van der Waals surface area contributed by atoms with E-state index in [1.807, 2.05) is 12.1 Å². The lowest BCUT2D eigenvalue weighted by molar-refractivity contribution is -0.658. The summed E-state index contributed by atoms with van der Waals surface area (Å²) >= 11 is 0. The lowest BCUT2D eigenvalue weighted by Gasteiger charge is -2.24. The first kappa shape index (κ1) is 14.1. The van der Waals surface area contributed by atoms with Crippen LogP contribution in [0, 0.1) is 6.92 Å². The van der Waals surface area contributed by atoms with Gasteiger partial charge >= 0.3 is 6.85 Å². The van der Waals surface area contributed by atoms with Gasteiger partial charge in [0.15, 0.2) is 0 Å². The third-order valence-electron chi connectivity index (χ3n) is 4.61. The van der Waals surface area contributed by atoms with Gasteiger partial charge in [0, 0.05) is 11.5 Å². The molecule has 23 heavy (non-hydrogen) atoms. The number of fused-ring (bicyclic) bond motifs is 3. The number of furan rings is 1. The molecule has 1 aromatic carbocycles. The number of anilines is 2. The molecule has 0 spiro atoms. The Bertz CT molecular complexity index is 942. The molecule has 114 valence electrons. The van der Waals surface area contributed by atoms with E-state index in [2.05, 4.69) is 73.5 Å². The summed E-state index contributed by atoms with van der Waals surface area (Å²) in [5, 5.41) is 1.18. The van der Waals surface area contributed by atoms with Crippen molar-refractivity contribution in [1.29, 1.82) is 0 Å². The molecule has 0 aliphatic carbocycles. The third-order valence-corrected chi connectivity index (χ3v) is 4.61. The highest BCUT2D eigenvalue weighted by Crippen LogP contribution is 2.43. The van der Waals surface area contributed by atoms with Crippen molar-refractivity contribution >= 4 is 35.1 Å². The van der Waals surface area contributed by atoms with E-state index in [0.717, 1.165) is 17.3 Å². The van der Waals surface area contributed by atoms with Crippen molar-refractivity contribution in [2.75, 3.05) is 4.81 Å². The van der Waals surface area contributed by atoms with Gasteiger partial charge in [-0.05, 0) is 43.9 Å². The number of pyridine rings is 1. The van der Waals surface area contributed by atoms with Gasteiger partial charge in [-0.1, -0.05) is 24.2 Å². The van der Waals surface area contributed by atoms with Crippen LogP contribution in [-0.2, 0) is 7.05 Å². The Hall–Kier alpha value is -2.49. The van der Waals surface area contributed by atoms with E-state index in [4.69, 9.17) is 4.42 Å². The monoisotopic (exact) mass is 303 g/mol. The molecule has 0 saturated carbocycles. The highest BCUT2D eigenvalue weighted by Gasteiger charge is 2.39. The fourth-order valence-corrected chi connectivity index (χ4v) is 3.50. The molecule has 4 rings (SSSR count). The fraction of sp³-hybridized carbons (Fsp3) is 0.211. The van der Waals surface area contributed by atoms with Crippen molar-refractivity contribution in [3.63, 3.8) is 0 Å². The van der Waals surface area contributed by atoms with E-state index in [0.29, 0.717) is 0 Å². The van der Waals surface area contributed by atoms with Gasteiger partial charge in [0.2, 0.25) is 0 Å². The Morgan fingerprint density at radius 3 is 2.74 bits per heavy atom. The topological polar surface area (TPSA) is 20.3 Å². The zero-order valence-electron chi connectivity index (χ0n) is 14.0. The van der Waals surface area contributed by atoms with E-state index >= 15 is 0 Å². The Labute approximate surface area is 136 Å². The van der Waals surface area contributed by atoms with Crippen LogP contribution in [0.4, 0.5) is 11.7 Å². The SMILES string of the molecule is CB1C=C(C)c2c(oc3ccccc23)N1c1cc(C)cc[n+]1C. The maximum atomic E-state index is 6.26. The standard InChI is InChI=1S/C19H20BN2O/c1-13-9-10-21(4)17(11-13)22-19-18(14(2)12-20(22)3)15-7-5-6-8-16(15)23-19/h5-12H,1-4H3/q+1. The van der Waals surface area contributed by atoms with Crippen LogP contribution in [0.3, 0.4) is 0 Å². The van der Waals surface area contributed by atoms with E-state index in [1.54, 1.807) is 0 Å². The van der Waals surface area contributed by atoms with Crippen molar-refractivity contribution in [2.24, 2.45) is 7.05 Å². The maximum absolute atomic E-state index is 6.26. The summed E-state index contributed by atoms with van der Waals surface area (Å²) in [6.07, 6.45) is 2.10. The number of benzene rings is 1. The number of nitrogens with zero attached hydrogens (tertiary/aromatic N) is 2. The Balaban J connectivity index is 2.01. The molecule has 0 radical (unpaired) electrons. The Morgan fingerprint density at radius 1 is 1.13 bits per heavy atom. The van der Waals surface area contributed by atoms with Crippen LogP contribution in [0.2, 0.25) is 6.82 Å². The van der Waals surface area contributed by atoms with Crippen LogP contribution in [0.25, 0.3) is 16.5 Å². The molecule has 0 bridgehead atoms. The van der Waals surface area contributed by atoms with Gasteiger partial charge < -0.3 is 4.42 Å². The minimum Gasteiger partial charge on any atom is -0.423 e. The van der Waals surface area contributed by atoms with Gasteiger partial charge in [-0.2, -0.15) is 0 Å². The molecule has 1 aliphatic heterocycles. The van der Waals surface area contributed by atoms with Crippen LogP contribution in [0.5, 0.6) is 0 Å². The molecular formula is C19H20BN2O+. The summed E-state index contributed by atoms with van der Waals surface area (Å²) < 4.78 is 8.41. The highest BCUT2D eigenvalue weighted by atomic mass is 16.4. The maximum Gasteiger partial charge on any atom is 0.406 e. The number of para-hydroxylation sites is 1. The molecule has 0 atom stereocenters. The normalized spacial score (nSPS) is 14.2. The van der Waals surface area contributed by atoms with E-state index in [9.17, 15) is 0 Å². The number of hydrogen-bond acceptors (Lipinski definition) is 2. The third kappa shape index (κ3) is 2.09. The number of aromatic nitrogens is 1. The first-order chi connectivity index (χ1) is 11.1. The Morgan fingerprint density at radius 2 is 1.91 bits per heavy atom. The molecular weight excluding hydrogens is 283 g/mol. The summed E-state index contributed by atoms with van der Waals surface area (Å²) in [7, 11) is 2.08. The summed E-state index contributed by atoms with van der Waals surface area (Å²) in [4.78, 5) is 2.29. The van der Waals surface area contributed by atoms with Crippen LogP contribution in [0.15, 0.2) is 53.0 Å². The van der Waals surface area contributed by atoms with Crippen LogP contribution < -0.4 is 9.38 Å². The second kappa shape index (κ2) is 5.02. The van der Waals surface area contributed by atoms with Gasteiger partial charge in [0.25, 0.3) is 11.7 Å². The second-order valence-corrected chi connectivity index (χ2v) is 6.41. The van der Waals surface area contributed by atoms with Gasteiger partial charge in [0.1, 0.15) is 5.58 Å². The van der Waals surface area contributed by atoms with E-state index in [-0.39, 0.29) is 6.85 Å². The number of allylic oxidation sites excluding steroid dienone is 1. The molecule has 0 unspecified atom stereocenters. The zero-order valence-corrected chi connectivity index (χ0v) is 14.0. The molecule has 3 heterocycles. The van der Waals surface area contributed by atoms with Crippen LogP contribution in [0.1, 0.15) is 18.1 Å². The molecule has 3 aromatic rings. The van der Waals surface area contributed by atoms with Gasteiger partial charge in [-0.25, -0.2) is 4.57 Å². The molecule has 4 heteroatoms. The van der Waals surface area contributed by atoms with Gasteiger partial charge in [-0.15, -0.1) is 0 Å². The molecule has 0 saturated heterocycles. The summed E-state index contributed by atoms with van der Waals surface area (Å²) in [6, 6.07) is 12.6. The smallest absolute Gasteiger partial charge is 0.406 e. The first-order valence-electron chi connectivity index (χ1n) is 8.02. The second-order valence-electron chi connectivity index (χ2n) is 6.41. The van der Waals surface area contributed by atoms with Crippen molar-refractivity contribution in [1.82, 2.24) is 0 Å². The molecule has 0 fully saturated rings. The number of aryl methyl sites for hydroxylation is 2. The summed E-state index contributed by atoms with van der Waals surface area (Å²) in [5.74, 6) is 4.40. The van der Waals surface area contributed by atoms with Gasteiger partial charge in [0.05, 0.1) is 18.8 Å².